The summed E-state index contributed by atoms with van der Waals surface area (Å²) >= 11 is 4.11. The monoisotopic (exact) mass is 213 g/mol. The molecule has 0 bridgehead atoms. The Morgan fingerprint density at radius 3 is 2.31 bits per heavy atom. The summed E-state index contributed by atoms with van der Waals surface area (Å²) in [6, 6.07) is 8.66. The first-order valence-corrected chi connectivity index (χ1v) is 6.30. The molecular weight excluding hydrogens is 198 g/mol. The van der Waals surface area contributed by atoms with E-state index in [2.05, 4.69) is 54.9 Å². The van der Waals surface area contributed by atoms with Gasteiger partial charge in [0.25, 0.3) is 0 Å². The maximum absolute atomic E-state index is 4.11. The van der Waals surface area contributed by atoms with Crippen LogP contribution in [0.25, 0.3) is 0 Å². The van der Waals surface area contributed by atoms with Gasteiger partial charge < -0.3 is 4.90 Å². The zero-order valence-corrected chi connectivity index (χ0v) is 9.74. The van der Waals surface area contributed by atoms with Crippen LogP contribution in [-0.2, 0) is 6.42 Å². The average molecular weight is 213 g/mol. The predicted octanol–water partition coefficient (Wildman–Crippen LogP) is 2.87. The fourth-order valence-corrected chi connectivity index (χ4v) is 1.73. The van der Waals surface area contributed by atoms with E-state index in [1.165, 1.54) is 11.3 Å². The number of rotatable bonds is 4. The Hall–Kier alpha value is -0.280. The van der Waals surface area contributed by atoms with Crippen molar-refractivity contribution in [2.24, 2.45) is 0 Å². The van der Waals surface area contributed by atoms with E-state index in [1.54, 1.807) is 10.8 Å². The second-order valence-corrected chi connectivity index (χ2v) is 4.59. The van der Waals surface area contributed by atoms with Gasteiger partial charge in [-0.3, -0.25) is 0 Å². The number of hydrogen-bond acceptors (Lipinski definition) is 3. The molecule has 1 rings (SSSR count). The molecule has 0 saturated heterocycles. The van der Waals surface area contributed by atoms with Crippen LogP contribution in [-0.4, -0.2) is 19.8 Å². The highest BCUT2D eigenvalue weighted by atomic mass is 33.1. The summed E-state index contributed by atoms with van der Waals surface area (Å²) in [7, 11) is 5.70. The molecule has 0 spiro atoms. The molecule has 0 radical (unpaired) electrons. The summed E-state index contributed by atoms with van der Waals surface area (Å²) in [6.45, 7) is 0. The van der Waals surface area contributed by atoms with Crippen LogP contribution in [0.1, 0.15) is 5.56 Å². The van der Waals surface area contributed by atoms with Gasteiger partial charge in [0.2, 0.25) is 0 Å². The van der Waals surface area contributed by atoms with Crippen LogP contribution in [0.5, 0.6) is 0 Å². The molecule has 72 valence electrons. The second kappa shape index (κ2) is 5.45. The zero-order valence-electron chi connectivity index (χ0n) is 8.03. The summed E-state index contributed by atoms with van der Waals surface area (Å²) in [6.07, 6.45) is 1.10. The van der Waals surface area contributed by atoms with Gasteiger partial charge in [-0.05, 0) is 24.1 Å². The normalized spacial score (nSPS) is 10.1. The highest BCUT2D eigenvalue weighted by molar-refractivity contribution is 8.68. The van der Waals surface area contributed by atoms with Crippen LogP contribution in [0.3, 0.4) is 0 Å². The Bertz CT molecular complexity index is 244. The minimum absolute atomic E-state index is 1.07. The molecule has 0 atom stereocenters. The standard InChI is InChI=1S/C10H15NS2/c1-11(2)10-5-3-9(4-6-10)7-8-13-12/h3-6,12H,7-8H2,1-2H3. The Balaban J connectivity index is 2.59. The molecule has 0 aromatic heterocycles. The number of nitrogens with zero attached hydrogens (tertiary/aromatic N) is 1. The molecule has 0 N–H and O–H groups in total. The van der Waals surface area contributed by atoms with E-state index in [9.17, 15) is 0 Å². The third-order valence-electron chi connectivity index (χ3n) is 1.93. The Morgan fingerprint density at radius 1 is 1.23 bits per heavy atom. The summed E-state index contributed by atoms with van der Waals surface area (Å²) in [4.78, 5) is 2.11. The lowest BCUT2D eigenvalue weighted by atomic mass is 10.1. The highest BCUT2D eigenvalue weighted by Crippen LogP contribution is 2.14. The van der Waals surface area contributed by atoms with Gasteiger partial charge in [-0.15, -0.1) is 11.7 Å². The number of hydrogen-bond donors (Lipinski definition) is 1. The summed E-state index contributed by atoms with van der Waals surface area (Å²) in [5.74, 6) is 1.07. The first-order chi connectivity index (χ1) is 6.24. The Kier molecular flexibility index (Phi) is 4.53. The van der Waals surface area contributed by atoms with Crippen LogP contribution in [0.4, 0.5) is 5.69 Å². The number of thiol groups is 1. The van der Waals surface area contributed by atoms with Crippen LogP contribution in [0, 0.1) is 0 Å². The minimum atomic E-state index is 1.07. The van der Waals surface area contributed by atoms with E-state index in [0.717, 1.165) is 12.2 Å². The SMILES string of the molecule is CN(C)c1ccc(CCSS)cc1. The van der Waals surface area contributed by atoms with E-state index in [-0.39, 0.29) is 0 Å². The third-order valence-corrected chi connectivity index (χ3v) is 2.87. The average Bonchev–Trinajstić information content (AvgIpc) is 2.15. The van der Waals surface area contributed by atoms with Gasteiger partial charge in [-0.25, -0.2) is 0 Å². The van der Waals surface area contributed by atoms with Crippen molar-refractivity contribution in [3.05, 3.63) is 29.8 Å². The quantitative estimate of drug-likeness (QED) is 0.605. The van der Waals surface area contributed by atoms with Gasteiger partial charge in [-0.2, -0.15) is 0 Å². The summed E-state index contributed by atoms with van der Waals surface area (Å²) in [5, 5.41) is 0. The van der Waals surface area contributed by atoms with E-state index >= 15 is 0 Å². The Morgan fingerprint density at radius 2 is 1.85 bits per heavy atom. The van der Waals surface area contributed by atoms with E-state index in [1.807, 2.05) is 0 Å². The first kappa shape index (κ1) is 10.8. The number of anilines is 1. The van der Waals surface area contributed by atoms with Crippen LogP contribution in [0.2, 0.25) is 0 Å². The van der Waals surface area contributed by atoms with Gasteiger partial charge in [-0.1, -0.05) is 22.9 Å². The molecule has 0 aliphatic heterocycles. The zero-order chi connectivity index (χ0) is 9.68. The molecule has 1 nitrogen and oxygen atoms in total. The second-order valence-electron chi connectivity index (χ2n) is 3.14. The van der Waals surface area contributed by atoms with Crippen molar-refractivity contribution in [1.29, 1.82) is 0 Å². The summed E-state index contributed by atoms with van der Waals surface area (Å²) < 4.78 is 0. The molecule has 0 saturated carbocycles. The van der Waals surface area contributed by atoms with Crippen molar-refractivity contribution in [2.75, 3.05) is 24.7 Å². The lowest BCUT2D eigenvalue weighted by Gasteiger charge is -2.12. The lowest BCUT2D eigenvalue weighted by Crippen LogP contribution is -2.08. The van der Waals surface area contributed by atoms with Gasteiger partial charge in [0.05, 0.1) is 0 Å². The van der Waals surface area contributed by atoms with Crippen LogP contribution in [0.15, 0.2) is 24.3 Å². The van der Waals surface area contributed by atoms with E-state index in [0.29, 0.717) is 0 Å². The molecule has 0 aliphatic rings. The molecule has 0 amide bonds. The van der Waals surface area contributed by atoms with Gasteiger partial charge >= 0.3 is 0 Å². The fraction of sp³-hybridized carbons (Fsp3) is 0.400. The highest BCUT2D eigenvalue weighted by Gasteiger charge is 1.95. The van der Waals surface area contributed by atoms with Crippen molar-refractivity contribution < 1.29 is 0 Å². The fourth-order valence-electron chi connectivity index (χ4n) is 1.12. The van der Waals surface area contributed by atoms with Gasteiger partial charge in [0.1, 0.15) is 0 Å². The van der Waals surface area contributed by atoms with Gasteiger partial charge in [0.15, 0.2) is 0 Å². The molecule has 1 aromatic carbocycles. The third kappa shape index (κ3) is 3.53. The Labute approximate surface area is 89.3 Å². The van der Waals surface area contributed by atoms with Crippen LogP contribution >= 0.6 is 22.5 Å². The van der Waals surface area contributed by atoms with Crippen molar-refractivity contribution in [3.63, 3.8) is 0 Å². The molecule has 0 heterocycles. The van der Waals surface area contributed by atoms with Crippen molar-refractivity contribution in [2.45, 2.75) is 6.42 Å². The van der Waals surface area contributed by atoms with Crippen molar-refractivity contribution in [3.8, 4) is 0 Å². The van der Waals surface area contributed by atoms with Crippen LogP contribution < -0.4 is 4.90 Å². The molecule has 0 unspecified atom stereocenters. The van der Waals surface area contributed by atoms with E-state index < -0.39 is 0 Å². The number of aryl methyl sites for hydroxylation is 1. The lowest BCUT2D eigenvalue weighted by molar-refractivity contribution is 1.11. The van der Waals surface area contributed by atoms with Crippen molar-refractivity contribution in [1.82, 2.24) is 0 Å². The van der Waals surface area contributed by atoms with Crippen molar-refractivity contribution >= 4 is 28.1 Å². The largest absolute Gasteiger partial charge is 0.378 e. The van der Waals surface area contributed by atoms with Gasteiger partial charge in [0, 0.05) is 25.5 Å². The summed E-state index contributed by atoms with van der Waals surface area (Å²) in [5.41, 5.74) is 2.63. The first-order valence-electron chi connectivity index (χ1n) is 4.26. The molecule has 1 aromatic rings. The maximum Gasteiger partial charge on any atom is 0.0361 e. The smallest absolute Gasteiger partial charge is 0.0361 e. The predicted molar refractivity (Wildman–Crippen MR) is 65.9 cm³/mol. The molecule has 3 heteroatoms. The molecule has 13 heavy (non-hydrogen) atoms. The molecular formula is C10H15NS2. The topological polar surface area (TPSA) is 3.24 Å². The molecule has 0 aliphatic carbocycles. The number of benzene rings is 1. The maximum atomic E-state index is 4.11. The van der Waals surface area contributed by atoms with E-state index in [4.69, 9.17) is 0 Å². The minimum Gasteiger partial charge on any atom is -0.378 e. The molecule has 0 fully saturated rings.